The van der Waals surface area contributed by atoms with Gasteiger partial charge in [0.15, 0.2) is 0 Å². The molecule has 700 valence electrons. The highest BCUT2D eigenvalue weighted by Gasteiger charge is 2.29. The van der Waals surface area contributed by atoms with E-state index < -0.39 is 0 Å². The second kappa shape index (κ2) is 31.3. The fourth-order valence-electron chi connectivity index (χ4n) is 23.3. The van der Waals surface area contributed by atoms with Crippen molar-refractivity contribution in [1.29, 1.82) is 10.5 Å². The number of furan rings is 1. The summed E-state index contributed by atoms with van der Waals surface area (Å²) in [6, 6.07) is 153. The zero-order valence-corrected chi connectivity index (χ0v) is 79.6. The van der Waals surface area contributed by atoms with Crippen molar-refractivity contribution in [3.8, 4) is 46.3 Å². The lowest BCUT2D eigenvalue weighted by atomic mass is 10.1. The number of aryl methyl sites for hydroxylation is 1. The van der Waals surface area contributed by atoms with Crippen molar-refractivity contribution in [2.75, 3.05) is 0 Å². The molecule has 0 spiro atoms. The first-order valence-electron chi connectivity index (χ1n) is 49.6. The number of nitrogens with zero attached hydrogens (tertiary/aromatic N) is 24. The van der Waals surface area contributed by atoms with E-state index in [1.807, 2.05) is 146 Å². The van der Waals surface area contributed by atoms with Crippen molar-refractivity contribution >= 4 is 233 Å². The molecule has 0 bridgehead atoms. The number of nitriles is 2. The van der Waals surface area contributed by atoms with E-state index in [1.165, 1.54) is 27.4 Å². The Kier molecular flexibility index (Phi) is 17.1. The fourth-order valence-corrected chi connectivity index (χ4v) is 23.3. The quantitative estimate of drug-likeness (QED) is 0.152. The summed E-state index contributed by atoms with van der Waals surface area (Å²) in [5.74, 6) is 6.02. The van der Waals surface area contributed by atoms with Crippen LogP contribution in [0.4, 0.5) is 0 Å². The summed E-state index contributed by atoms with van der Waals surface area (Å²) in [5.41, 5.74) is 37.5. The molecule has 0 saturated carbocycles. The Hall–Kier alpha value is -21.5. The number of para-hydroxylation sites is 23. The molecular formula is C125H74N24O. The van der Waals surface area contributed by atoms with Gasteiger partial charge < -0.3 is 8.98 Å². The molecule has 25 nitrogen and oxygen atoms in total. The maximum Gasteiger partial charge on any atom is 0.223 e. The number of hydrogen-bond donors (Lipinski definition) is 0. The third kappa shape index (κ3) is 11.8. The van der Waals surface area contributed by atoms with Gasteiger partial charge in [-0.05, 0) is 274 Å². The molecule has 34 aromatic rings. The Balaban J connectivity index is 0.0000000993. The number of fused-ring (bicyclic) bond motifs is 43. The molecular weight excluding hydrogens is 1850 g/mol. The van der Waals surface area contributed by atoms with Crippen molar-refractivity contribution < 1.29 is 4.42 Å². The van der Waals surface area contributed by atoms with E-state index in [0.717, 1.165) is 223 Å². The molecule has 0 N–H and O–H groups in total. The Morgan fingerprint density at radius 3 is 0.800 bits per heavy atom. The predicted molar refractivity (Wildman–Crippen MR) is 596 cm³/mol. The summed E-state index contributed by atoms with van der Waals surface area (Å²) in [4.78, 5) is 41.8. The fraction of sp³-hybridized carbons (Fsp3) is 0.00800. The van der Waals surface area contributed by atoms with E-state index in [0.29, 0.717) is 34.2 Å². The summed E-state index contributed by atoms with van der Waals surface area (Å²) in [6.07, 6.45) is 0. The Labute approximate surface area is 845 Å². The minimum atomic E-state index is 0.558. The first-order chi connectivity index (χ1) is 74.2. The standard InChI is InChI=1S/C45H28N6O.2C40H23N9/c1-27-18-21-37-31(24-27)30-10-2-5-13-36(30)48(37)28-19-22-42-32(25-28)33-26-29(20-23-43(33)52-42)49-44-46-34-11-3-6-14-38(34)50(44)40-16-8-9-17-41(40)51-39-15-7-4-12-35(39)47-45(49)51;41-24-25-10-9-11-26(22-25)46-39-43-29-13-2-5-16-32(29)48(39)36-21-20-27(23-37(36)49-33-17-6-3-14-30(33)44-40(46)49)45-34-18-7-8-19-35(34)47-31-15-4-1-12-28(31)42-38(45)47;41-24-25-17-19-26(20-18-25)46-39-43-29-10-2-5-13-32(29)48(39)36-22-21-27(23-37(36)49-33-14-6-3-11-30(33)44-40(46)49)45-34-15-7-8-16-35(34)47-31-12-4-1-9-28(31)42-38(45)47/h2-26H,1H3;2*1-23H. The zero-order chi connectivity index (χ0) is 98.5. The number of aromatic nitrogens is 22. The van der Waals surface area contributed by atoms with Gasteiger partial charge in [-0.15, -0.1) is 0 Å². The van der Waals surface area contributed by atoms with Crippen LogP contribution in [0.15, 0.2) is 435 Å². The van der Waals surface area contributed by atoms with E-state index in [4.69, 9.17) is 44.3 Å². The van der Waals surface area contributed by atoms with E-state index in [2.05, 4.69) is 367 Å². The molecule has 25 heteroatoms. The number of hydrogen-bond acceptors (Lipinski definition) is 11. The Bertz CT molecular complexity index is 12000. The summed E-state index contributed by atoms with van der Waals surface area (Å²) >= 11 is 0. The summed E-state index contributed by atoms with van der Waals surface area (Å²) in [5, 5.41) is 24.0. The Morgan fingerprint density at radius 2 is 0.433 bits per heavy atom. The average Bonchev–Trinajstić information content (AvgIpc) is 1.56. The van der Waals surface area contributed by atoms with E-state index in [-0.39, 0.29) is 0 Å². The van der Waals surface area contributed by atoms with Crippen molar-refractivity contribution in [2.24, 2.45) is 0 Å². The van der Waals surface area contributed by atoms with Crippen LogP contribution in [-0.2, 0) is 0 Å². The molecule has 0 fully saturated rings. The van der Waals surface area contributed by atoms with Crippen LogP contribution in [0.5, 0.6) is 0 Å². The van der Waals surface area contributed by atoms with Crippen molar-refractivity contribution in [1.82, 2.24) is 102 Å². The molecule has 15 heterocycles. The van der Waals surface area contributed by atoms with Gasteiger partial charge in [0.25, 0.3) is 0 Å². The summed E-state index contributed by atoms with van der Waals surface area (Å²) < 4.78 is 37.5. The van der Waals surface area contributed by atoms with Gasteiger partial charge in [-0.2, -0.15) is 10.5 Å². The molecule has 0 aliphatic carbocycles. The van der Waals surface area contributed by atoms with Crippen LogP contribution in [0.25, 0.3) is 268 Å². The maximum absolute atomic E-state index is 9.88. The number of imidazole rings is 10. The highest BCUT2D eigenvalue weighted by molar-refractivity contribution is 6.12. The van der Waals surface area contributed by atoms with Gasteiger partial charge in [0.1, 0.15) is 11.2 Å². The van der Waals surface area contributed by atoms with Crippen LogP contribution < -0.4 is 0 Å². The molecule has 34 rings (SSSR count). The molecule has 0 aliphatic rings. The molecule has 0 amide bonds. The Morgan fingerprint density at radius 1 is 0.173 bits per heavy atom. The maximum atomic E-state index is 9.88. The van der Waals surface area contributed by atoms with Crippen LogP contribution in [-0.4, -0.2) is 102 Å². The normalized spacial score (nSPS) is 12.2. The van der Waals surface area contributed by atoms with Gasteiger partial charge >= 0.3 is 0 Å². The molecule has 0 aliphatic heterocycles. The van der Waals surface area contributed by atoms with Gasteiger partial charge in [-0.1, -0.05) is 169 Å². The van der Waals surface area contributed by atoms with Crippen LogP contribution in [0.3, 0.4) is 0 Å². The van der Waals surface area contributed by atoms with Gasteiger partial charge in [0.05, 0.1) is 206 Å². The third-order valence-corrected chi connectivity index (χ3v) is 29.7. The molecule has 0 unspecified atom stereocenters. The van der Waals surface area contributed by atoms with Gasteiger partial charge in [0.2, 0.25) is 46.2 Å². The van der Waals surface area contributed by atoms with Crippen LogP contribution >= 0.6 is 0 Å². The summed E-state index contributed by atoms with van der Waals surface area (Å²) in [6.45, 7) is 2.15. The first-order valence-corrected chi connectivity index (χ1v) is 49.6. The largest absolute Gasteiger partial charge is 0.456 e. The van der Waals surface area contributed by atoms with Crippen molar-refractivity contribution in [2.45, 2.75) is 6.92 Å². The number of rotatable bonds is 6. The lowest BCUT2D eigenvalue weighted by Crippen LogP contribution is -2.02. The van der Waals surface area contributed by atoms with E-state index in [1.54, 1.807) is 0 Å². The van der Waals surface area contributed by atoms with Crippen molar-refractivity contribution in [3.05, 3.63) is 447 Å². The van der Waals surface area contributed by atoms with Crippen molar-refractivity contribution in [3.63, 3.8) is 0 Å². The van der Waals surface area contributed by atoms with Crippen LogP contribution in [0.1, 0.15) is 16.7 Å². The molecule has 0 saturated heterocycles. The second-order valence-electron chi connectivity index (χ2n) is 38.0. The minimum Gasteiger partial charge on any atom is -0.456 e. The summed E-state index contributed by atoms with van der Waals surface area (Å²) in [7, 11) is 0. The second-order valence-corrected chi connectivity index (χ2v) is 38.0. The molecule has 0 radical (unpaired) electrons. The SMILES string of the molecule is Cc1ccc2c(c1)c1ccccc1n2-c1ccc2oc3ccc(-n4c5nc6ccccc6n5c5ccccc5n5c6ccccc6nc45)cc3c2c1.N#Cc1ccc(-n2c3nc4ccccc4n3c3ccc(-n4c5ccccc5n5c6ccccc6nc45)cc3n3c4ccccc4nc23)cc1.N#Cc1cccc(-n2c3nc4ccccc4n3c3ccc(-n4c5ccccc5n5c6ccccc6nc45)cc3n3c4ccccc4nc23)c1. The van der Waals surface area contributed by atoms with Gasteiger partial charge in [0, 0.05) is 27.2 Å². The molecule has 0 atom stereocenters. The molecule has 15 aromatic heterocycles. The van der Waals surface area contributed by atoms with Crippen LogP contribution in [0.2, 0.25) is 0 Å². The topological polar surface area (TPSA) is 229 Å². The predicted octanol–water partition coefficient (Wildman–Crippen LogP) is 27.9. The highest BCUT2D eigenvalue weighted by Crippen LogP contribution is 2.43. The lowest BCUT2D eigenvalue weighted by molar-refractivity contribution is 0.668. The zero-order valence-electron chi connectivity index (χ0n) is 79.6. The van der Waals surface area contributed by atoms with Gasteiger partial charge in [-0.3, -0.25) is 44.3 Å². The monoisotopic (exact) mass is 1930 g/mol. The number of benzene rings is 19. The van der Waals surface area contributed by atoms with Crippen LogP contribution in [0, 0.1) is 29.6 Å². The van der Waals surface area contributed by atoms with E-state index >= 15 is 0 Å². The van der Waals surface area contributed by atoms with E-state index in [9.17, 15) is 10.5 Å². The molecule has 150 heavy (non-hydrogen) atoms. The first kappa shape index (κ1) is 82.1. The minimum absolute atomic E-state index is 0.558. The van der Waals surface area contributed by atoms with Gasteiger partial charge in [-0.25, -0.2) is 53.6 Å². The smallest absolute Gasteiger partial charge is 0.223 e. The highest BCUT2D eigenvalue weighted by atomic mass is 16.3. The average molecular weight is 1930 g/mol. The lowest BCUT2D eigenvalue weighted by Gasteiger charge is -2.09. The molecule has 19 aromatic carbocycles. The third-order valence-electron chi connectivity index (χ3n) is 29.7.